The molecule has 33 heavy (non-hydrogen) atoms. The third-order valence-corrected chi connectivity index (χ3v) is 8.79. The number of halogens is 2. The Balaban J connectivity index is 1.33. The highest BCUT2D eigenvalue weighted by Gasteiger charge is 2.59. The van der Waals surface area contributed by atoms with E-state index in [1.807, 2.05) is 13.1 Å². The van der Waals surface area contributed by atoms with Gasteiger partial charge in [-0.2, -0.15) is 0 Å². The number of rotatable bonds is 4. The number of benzene rings is 1. The van der Waals surface area contributed by atoms with E-state index in [2.05, 4.69) is 35.2 Å². The van der Waals surface area contributed by atoms with E-state index >= 15 is 0 Å². The van der Waals surface area contributed by atoms with Crippen molar-refractivity contribution < 1.29 is 9.18 Å². The monoisotopic (exact) mass is 465 g/mol. The minimum atomic E-state index is -0.219. The number of hydrogen-bond donors (Lipinski definition) is 1. The van der Waals surface area contributed by atoms with Gasteiger partial charge < -0.3 is 5.32 Å². The van der Waals surface area contributed by atoms with Crippen LogP contribution in [0.25, 0.3) is 10.9 Å². The lowest BCUT2D eigenvalue weighted by Gasteiger charge is -2.34. The van der Waals surface area contributed by atoms with Gasteiger partial charge in [-0.1, -0.05) is 32.4 Å². The second kappa shape index (κ2) is 8.05. The number of nitrogens with one attached hydrogen (secondary N) is 1. The lowest BCUT2D eigenvalue weighted by Crippen LogP contribution is -2.27. The van der Waals surface area contributed by atoms with Crippen molar-refractivity contribution in [2.75, 3.05) is 5.32 Å². The first-order chi connectivity index (χ1) is 15.7. The standard InChI is InChI=1S/C27H29ClFN3O/c1-16(25(33)32-20-5-7-24(28)31-15-20)17-11-26(2)13-18(14-27(26,3)12-17)21-8-9-30-23-6-4-19(29)10-22(21)23/h4-10,15-18H,11-14H2,1-3H3,(H,32,33)/t16?,17-,18+,26+,27-. The van der Waals surface area contributed by atoms with Gasteiger partial charge in [0.1, 0.15) is 11.0 Å². The molecule has 1 N–H and O–H groups in total. The van der Waals surface area contributed by atoms with Crippen LogP contribution in [0.4, 0.5) is 10.1 Å². The Morgan fingerprint density at radius 3 is 2.48 bits per heavy atom. The van der Waals surface area contributed by atoms with E-state index in [4.69, 9.17) is 11.6 Å². The molecule has 0 radical (unpaired) electrons. The Kier molecular flexibility index (Phi) is 5.43. The lowest BCUT2D eigenvalue weighted by molar-refractivity contribution is -0.121. The molecule has 1 amide bonds. The van der Waals surface area contributed by atoms with Crippen molar-refractivity contribution in [2.45, 2.75) is 52.4 Å². The predicted molar refractivity (Wildman–Crippen MR) is 130 cm³/mol. The number of anilines is 1. The number of fused-ring (bicyclic) bond motifs is 2. The maximum Gasteiger partial charge on any atom is 0.227 e. The van der Waals surface area contributed by atoms with Gasteiger partial charge >= 0.3 is 0 Å². The van der Waals surface area contributed by atoms with Gasteiger partial charge in [-0.3, -0.25) is 9.78 Å². The molecule has 5 atom stereocenters. The number of aromatic nitrogens is 2. The van der Waals surface area contributed by atoms with Crippen LogP contribution >= 0.6 is 11.6 Å². The second-order valence-corrected chi connectivity index (χ2v) is 11.0. The van der Waals surface area contributed by atoms with E-state index in [0.717, 1.165) is 36.6 Å². The van der Waals surface area contributed by atoms with Crippen molar-refractivity contribution in [1.29, 1.82) is 0 Å². The first-order valence-corrected chi connectivity index (χ1v) is 12.0. The number of hydrogen-bond acceptors (Lipinski definition) is 3. The summed E-state index contributed by atoms with van der Waals surface area (Å²) >= 11 is 5.85. The van der Waals surface area contributed by atoms with Gasteiger partial charge in [0, 0.05) is 17.5 Å². The van der Waals surface area contributed by atoms with E-state index in [-0.39, 0.29) is 28.5 Å². The molecule has 2 saturated carbocycles. The van der Waals surface area contributed by atoms with Gasteiger partial charge in [0.15, 0.2) is 0 Å². The number of carbonyl (C=O) groups excluding carboxylic acids is 1. The van der Waals surface area contributed by atoms with Crippen molar-refractivity contribution in [3.63, 3.8) is 0 Å². The van der Waals surface area contributed by atoms with Crippen LogP contribution in [0.1, 0.15) is 57.9 Å². The molecule has 0 saturated heterocycles. The van der Waals surface area contributed by atoms with Gasteiger partial charge in [0.05, 0.1) is 17.4 Å². The quantitative estimate of drug-likeness (QED) is 0.422. The lowest BCUT2D eigenvalue weighted by atomic mass is 9.71. The summed E-state index contributed by atoms with van der Waals surface area (Å²) in [5.74, 6) is 0.422. The number of nitrogens with zero attached hydrogens (tertiary/aromatic N) is 2. The van der Waals surface area contributed by atoms with E-state index < -0.39 is 0 Å². The topological polar surface area (TPSA) is 54.9 Å². The van der Waals surface area contributed by atoms with Crippen molar-refractivity contribution in [3.05, 3.63) is 65.3 Å². The van der Waals surface area contributed by atoms with Crippen LogP contribution in [0.15, 0.2) is 48.8 Å². The fraction of sp³-hybridized carbons (Fsp3) is 0.444. The van der Waals surface area contributed by atoms with Gasteiger partial charge in [0.25, 0.3) is 0 Å². The van der Waals surface area contributed by atoms with Crippen molar-refractivity contribution >= 4 is 34.1 Å². The summed E-state index contributed by atoms with van der Waals surface area (Å²) in [6.07, 6.45) is 7.56. The minimum absolute atomic E-state index is 0.0310. The summed E-state index contributed by atoms with van der Waals surface area (Å²) in [7, 11) is 0. The molecule has 5 rings (SSSR count). The molecule has 3 aromatic rings. The molecule has 2 fully saturated rings. The van der Waals surface area contributed by atoms with E-state index in [9.17, 15) is 9.18 Å². The summed E-state index contributed by atoms with van der Waals surface area (Å²) in [5.41, 5.74) is 3.00. The van der Waals surface area contributed by atoms with Crippen LogP contribution < -0.4 is 5.32 Å². The first-order valence-electron chi connectivity index (χ1n) is 11.6. The average Bonchev–Trinajstić information content (AvgIpc) is 3.18. The molecule has 0 spiro atoms. The summed E-state index contributed by atoms with van der Waals surface area (Å²) in [4.78, 5) is 21.4. The van der Waals surface area contributed by atoms with E-state index in [1.165, 1.54) is 11.6 Å². The number of carbonyl (C=O) groups is 1. The Morgan fingerprint density at radius 1 is 1.09 bits per heavy atom. The zero-order chi connectivity index (χ0) is 23.4. The second-order valence-electron chi connectivity index (χ2n) is 10.6. The fourth-order valence-electron chi connectivity index (χ4n) is 6.53. The maximum absolute atomic E-state index is 14.0. The highest BCUT2D eigenvalue weighted by atomic mass is 35.5. The zero-order valence-electron chi connectivity index (χ0n) is 19.2. The molecular formula is C27H29ClFN3O. The Bertz CT molecular complexity index is 1200. The molecule has 2 heterocycles. The van der Waals surface area contributed by atoms with Crippen molar-refractivity contribution in [3.8, 4) is 0 Å². The van der Waals surface area contributed by atoms with Crippen molar-refractivity contribution in [2.24, 2.45) is 22.7 Å². The van der Waals surface area contributed by atoms with Crippen LogP contribution in [-0.4, -0.2) is 15.9 Å². The molecule has 1 aromatic carbocycles. The smallest absolute Gasteiger partial charge is 0.227 e. The highest BCUT2D eigenvalue weighted by molar-refractivity contribution is 6.29. The van der Waals surface area contributed by atoms with Crippen LogP contribution in [-0.2, 0) is 4.79 Å². The summed E-state index contributed by atoms with van der Waals surface area (Å²) in [6.45, 7) is 6.79. The van der Waals surface area contributed by atoms with Crippen LogP contribution in [0.5, 0.6) is 0 Å². The molecule has 2 aliphatic rings. The summed E-state index contributed by atoms with van der Waals surface area (Å²) < 4.78 is 14.0. The molecule has 1 unspecified atom stereocenters. The summed E-state index contributed by atoms with van der Waals surface area (Å²) in [5, 5.41) is 4.33. The molecule has 2 aromatic heterocycles. The molecule has 0 aliphatic heterocycles. The van der Waals surface area contributed by atoms with Crippen molar-refractivity contribution in [1.82, 2.24) is 9.97 Å². The van der Waals surface area contributed by atoms with Crippen LogP contribution in [0.2, 0.25) is 5.15 Å². The molecule has 0 bridgehead atoms. The highest BCUT2D eigenvalue weighted by Crippen LogP contribution is 2.68. The number of amides is 1. The zero-order valence-corrected chi connectivity index (χ0v) is 20.0. The normalized spacial score (nSPS) is 29.7. The minimum Gasteiger partial charge on any atom is -0.324 e. The van der Waals surface area contributed by atoms with Crippen LogP contribution in [0.3, 0.4) is 0 Å². The van der Waals surface area contributed by atoms with Gasteiger partial charge in [-0.15, -0.1) is 0 Å². The third kappa shape index (κ3) is 3.90. The van der Waals surface area contributed by atoms with E-state index in [1.54, 1.807) is 30.5 Å². The van der Waals surface area contributed by atoms with Gasteiger partial charge in [0.2, 0.25) is 5.91 Å². The Morgan fingerprint density at radius 2 is 1.82 bits per heavy atom. The van der Waals surface area contributed by atoms with Crippen LogP contribution in [0, 0.1) is 28.5 Å². The molecule has 6 heteroatoms. The molecule has 4 nitrogen and oxygen atoms in total. The number of pyridine rings is 2. The molecular weight excluding hydrogens is 437 g/mol. The van der Waals surface area contributed by atoms with Gasteiger partial charge in [-0.05, 0) is 90.3 Å². The molecule has 172 valence electrons. The van der Waals surface area contributed by atoms with Gasteiger partial charge in [-0.25, -0.2) is 9.37 Å². The SMILES string of the molecule is CC(C(=O)Nc1ccc(Cl)nc1)[C@H]1C[C@]2(C)C[C@@H](c3ccnc4ccc(F)cc34)C[C@]2(C)C1. The van der Waals surface area contributed by atoms with E-state index in [0.29, 0.717) is 22.7 Å². The summed E-state index contributed by atoms with van der Waals surface area (Å²) in [6, 6.07) is 10.4. The fourth-order valence-corrected chi connectivity index (χ4v) is 6.64. The molecule has 2 aliphatic carbocycles. The Hall–Kier alpha value is -2.53. The predicted octanol–water partition coefficient (Wildman–Crippen LogP) is 7.00. The third-order valence-electron chi connectivity index (χ3n) is 8.57. The maximum atomic E-state index is 14.0. The first kappa shape index (κ1) is 22.3. The average molecular weight is 466 g/mol. The largest absolute Gasteiger partial charge is 0.324 e. The Labute approximate surface area is 199 Å².